The number of nitrogens with zero attached hydrogens (tertiary/aromatic N) is 1. The topological polar surface area (TPSA) is 63.4 Å². The van der Waals surface area contributed by atoms with Gasteiger partial charge in [0.2, 0.25) is 10.0 Å². The van der Waals surface area contributed by atoms with Gasteiger partial charge in [0.15, 0.2) is 0 Å². The smallest absolute Gasteiger partial charge is 0.214 e. The molecule has 2 N–H and O–H groups in total. The normalized spacial score (nSPS) is 18.6. The van der Waals surface area contributed by atoms with Crippen LogP contribution in [-0.4, -0.2) is 37.6 Å². The molecule has 112 valence electrons. The van der Waals surface area contributed by atoms with Crippen LogP contribution < -0.4 is 5.73 Å². The zero-order valence-corrected chi connectivity index (χ0v) is 12.9. The maximum Gasteiger partial charge on any atom is 0.214 e. The highest BCUT2D eigenvalue weighted by atomic mass is 32.2. The molecule has 1 aromatic carbocycles. The Morgan fingerprint density at radius 1 is 1.20 bits per heavy atom. The van der Waals surface area contributed by atoms with Crippen molar-refractivity contribution in [2.45, 2.75) is 37.6 Å². The van der Waals surface area contributed by atoms with E-state index >= 15 is 0 Å². The first-order valence-electron chi connectivity index (χ1n) is 7.21. The summed E-state index contributed by atoms with van der Waals surface area (Å²) >= 11 is 0. The van der Waals surface area contributed by atoms with Crippen LogP contribution in [0.1, 0.15) is 31.2 Å². The van der Waals surface area contributed by atoms with Gasteiger partial charge in [0.1, 0.15) is 0 Å². The average Bonchev–Trinajstić information content (AvgIpc) is 2.95. The van der Waals surface area contributed by atoms with Crippen LogP contribution in [0.2, 0.25) is 0 Å². The quantitative estimate of drug-likeness (QED) is 0.870. The SMILES string of the molecule is CN(C1(CN)CCCC1)S(=O)(=O)CCc1ccccc1. The van der Waals surface area contributed by atoms with Crippen LogP contribution in [0.15, 0.2) is 30.3 Å². The zero-order valence-electron chi connectivity index (χ0n) is 12.1. The molecule has 0 radical (unpaired) electrons. The monoisotopic (exact) mass is 296 g/mol. The molecule has 0 amide bonds. The van der Waals surface area contributed by atoms with E-state index in [0.29, 0.717) is 13.0 Å². The first-order valence-corrected chi connectivity index (χ1v) is 8.82. The van der Waals surface area contributed by atoms with E-state index in [9.17, 15) is 8.42 Å². The predicted molar refractivity (Wildman–Crippen MR) is 81.9 cm³/mol. The predicted octanol–water partition coefficient (Wildman–Crippen LogP) is 1.76. The van der Waals surface area contributed by atoms with E-state index in [1.54, 1.807) is 11.4 Å². The molecule has 0 bridgehead atoms. The van der Waals surface area contributed by atoms with E-state index in [1.807, 2.05) is 30.3 Å². The highest BCUT2D eigenvalue weighted by molar-refractivity contribution is 7.89. The molecule has 1 aliphatic rings. The van der Waals surface area contributed by atoms with Crippen LogP contribution in [0.3, 0.4) is 0 Å². The summed E-state index contributed by atoms with van der Waals surface area (Å²) in [5.41, 5.74) is 6.57. The number of hydrogen-bond acceptors (Lipinski definition) is 3. The van der Waals surface area contributed by atoms with Crippen molar-refractivity contribution in [3.05, 3.63) is 35.9 Å². The van der Waals surface area contributed by atoms with Gasteiger partial charge in [-0.1, -0.05) is 43.2 Å². The first-order chi connectivity index (χ1) is 9.50. The third-order valence-corrected chi connectivity index (χ3v) is 6.43. The van der Waals surface area contributed by atoms with Crippen molar-refractivity contribution < 1.29 is 8.42 Å². The van der Waals surface area contributed by atoms with Crippen molar-refractivity contribution >= 4 is 10.0 Å². The lowest BCUT2D eigenvalue weighted by Gasteiger charge is -2.36. The van der Waals surface area contributed by atoms with Gasteiger partial charge in [-0.3, -0.25) is 0 Å². The molecule has 20 heavy (non-hydrogen) atoms. The van der Waals surface area contributed by atoms with Crippen LogP contribution in [-0.2, 0) is 16.4 Å². The van der Waals surface area contributed by atoms with Gasteiger partial charge in [0.05, 0.1) is 5.75 Å². The molecule has 1 saturated carbocycles. The molecular weight excluding hydrogens is 272 g/mol. The van der Waals surface area contributed by atoms with Gasteiger partial charge in [0.25, 0.3) is 0 Å². The Kier molecular flexibility index (Phi) is 4.83. The second-order valence-electron chi connectivity index (χ2n) is 5.65. The van der Waals surface area contributed by atoms with Crippen molar-refractivity contribution in [3.8, 4) is 0 Å². The van der Waals surface area contributed by atoms with Gasteiger partial charge in [-0.2, -0.15) is 4.31 Å². The van der Waals surface area contributed by atoms with E-state index in [4.69, 9.17) is 5.73 Å². The Morgan fingerprint density at radius 3 is 2.35 bits per heavy atom. The molecule has 4 nitrogen and oxygen atoms in total. The number of rotatable bonds is 6. The Bertz CT molecular complexity index is 522. The molecule has 1 fully saturated rings. The summed E-state index contributed by atoms with van der Waals surface area (Å²) in [6.07, 6.45) is 4.44. The average molecular weight is 296 g/mol. The summed E-state index contributed by atoms with van der Waals surface area (Å²) in [5, 5.41) is 0. The fraction of sp³-hybridized carbons (Fsp3) is 0.600. The molecule has 2 rings (SSSR count). The lowest BCUT2D eigenvalue weighted by molar-refractivity contribution is 0.230. The number of sulfonamides is 1. The van der Waals surface area contributed by atoms with Crippen molar-refractivity contribution in [2.24, 2.45) is 5.73 Å². The highest BCUT2D eigenvalue weighted by Gasteiger charge is 2.41. The number of aryl methyl sites for hydroxylation is 1. The zero-order chi connectivity index (χ0) is 14.6. The van der Waals surface area contributed by atoms with Crippen LogP contribution in [0.4, 0.5) is 0 Å². The van der Waals surface area contributed by atoms with Crippen molar-refractivity contribution in [1.29, 1.82) is 0 Å². The molecule has 0 atom stereocenters. The lowest BCUT2D eigenvalue weighted by atomic mass is 9.98. The number of likely N-dealkylation sites (N-methyl/N-ethyl adjacent to an activating group) is 1. The number of nitrogens with two attached hydrogens (primary N) is 1. The molecular formula is C15H24N2O2S. The fourth-order valence-corrected chi connectivity index (χ4v) is 4.62. The van der Waals surface area contributed by atoms with Crippen LogP contribution in [0.5, 0.6) is 0 Å². The fourth-order valence-electron chi connectivity index (χ4n) is 3.00. The summed E-state index contributed by atoms with van der Waals surface area (Å²) in [4.78, 5) is 0. The summed E-state index contributed by atoms with van der Waals surface area (Å²) in [7, 11) is -1.57. The lowest BCUT2D eigenvalue weighted by Crippen LogP contribution is -2.53. The maximum absolute atomic E-state index is 12.5. The minimum absolute atomic E-state index is 0.148. The van der Waals surface area contributed by atoms with Crippen LogP contribution in [0.25, 0.3) is 0 Å². The molecule has 0 saturated heterocycles. The van der Waals surface area contributed by atoms with Gasteiger partial charge < -0.3 is 5.73 Å². The standard InChI is InChI=1S/C15H24N2O2S/c1-17(15(13-16)10-5-6-11-15)20(18,19)12-9-14-7-3-2-4-8-14/h2-4,7-8H,5-6,9-13,16H2,1H3. The Balaban J connectivity index is 2.06. The largest absolute Gasteiger partial charge is 0.329 e. The third-order valence-electron chi connectivity index (χ3n) is 4.49. The molecule has 1 aromatic rings. The summed E-state index contributed by atoms with van der Waals surface area (Å²) < 4.78 is 26.6. The molecule has 1 aliphatic carbocycles. The summed E-state index contributed by atoms with van der Waals surface area (Å²) in [6, 6.07) is 9.73. The van der Waals surface area contributed by atoms with Crippen LogP contribution in [0, 0.1) is 0 Å². The van der Waals surface area contributed by atoms with E-state index < -0.39 is 10.0 Å². The van der Waals surface area contributed by atoms with Crippen LogP contribution >= 0.6 is 0 Å². The Labute approximate surface area is 122 Å². The molecule has 0 aliphatic heterocycles. The van der Waals surface area contributed by atoms with Crippen molar-refractivity contribution in [2.75, 3.05) is 19.3 Å². The Hall–Kier alpha value is -0.910. The third kappa shape index (κ3) is 3.22. The summed E-state index contributed by atoms with van der Waals surface area (Å²) in [5.74, 6) is 0.148. The van der Waals surface area contributed by atoms with Gasteiger partial charge >= 0.3 is 0 Å². The molecule has 0 spiro atoms. The highest BCUT2D eigenvalue weighted by Crippen LogP contribution is 2.35. The van der Waals surface area contributed by atoms with E-state index in [0.717, 1.165) is 31.2 Å². The van der Waals surface area contributed by atoms with Gasteiger partial charge in [-0.05, 0) is 24.8 Å². The summed E-state index contributed by atoms with van der Waals surface area (Å²) in [6.45, 7) is 0.411. The minimum Gasteiger partial charge on any atom is -0.329 e. The maximum atomic E-state index is 12.5. The first kappa shape index (κ1) is 15.5. The number of hydrogen-bond donors (Lipinski definition) is 1. The van der Waals surface area contributed by atoms with E-state index in [2.05, 4.69) is 0 Å². The van der Waals surface area contributed by atoms with Gasteiger partial charge in [-0.25, -0.2) is 8.42 Å². The molecule has 0 heterocycles. The van der Waals surface area contributed by atoms with Gasteiger partial charge in [-0.15, -0.1) is 0 Å². The second-order valence-corrected chi connectivity index (χ2v) is 7.77. The van der Waals surface area contributed by atoms with E-state index in [1.165, 1.54) is 0 Å². The number of benzene rings is 1. The molecule has 0 unspecified atom stereocenters. The van der Waals surface area contributed by atoms with Crippen molar-refractivity contribution in [1.82, 2.24) is 4.31 Å². The van der Waals surface area contributed by atoms with E-state index in [-0.39, 0.29) is 11.3 Å². The molecule has 5 heteroatoms. The van der Waals surface area contributed by atoms with Gasteiger partial charge in [0, 0.05) is 19.1 Å². The minimum atomic E-state index is -3.26. The molecule has 0 aromatic heterocycles. The van der Waals surface area contributed by atoms with Crippen molar-refractivity contribution in [3.63, 3.8) is 0 Å². The Morgan fingerprint density at radius 2 is 1.80 bits per heavy atom. The second kappa shape index (κ2) is 6.24.